The monoisotopic (exact) mass is 262 g/mol. The van der Waals surface area contributed by atoms with Gasteiger partial charge in [-0.05, 0) is 6.07 Å². The number of alkyl halides is 3. The Morgan fingerprint density at radius 1 is 1.33 bits per heavy atom. The van der Waals surface area contributed by atoms with Crippen LogP contribution in [-0.4, -0.2) is 25.2 Å². The van der Waals surface area contributed by atoms with E-state index in [-0.39, 0.29) is 0 Å². The molecular weight excluding hydrogens is 252 g/mol. The molecule has 1 atom stereocenters. The zero-order valence-electron chi connectivity index (χ0n) is 9.17. The lowest BCUT2D eigenvalue weighted by molar-refractivity contribution is -0.191. The summed E-state index contributed by atoms with van der Waals surface area (Å²) in [6, 6.07) is 4.04. The van der Waals surface area contributed by atoms with Crippen molar-refractivity contribution in [3.05, 3.63) is 35.6 Å². The fourth-order valence-electron chi connectivity index (χ4n) is 1.83. The van der Waals surface area contributed by atoms with E-state index in [0.29, 0.717) is 0 Å². The van der Waals surface area contributed by atoms with Crippen LogP contribution in [0.25, 0.3) is 0 Å². The standard InChI is InChI=1S/C11H10F4N2O/c12-5-10(7-3-1-2-4-8(7)13)11(14,15)6-17-9(16)18-10/h1-4H,5-6H2,(H2,16,17)/t10-/m1/s1. The van der Waals surface area contributed by atoms with Crippen molar-refractivity contribution in [3.63, 3.8) is 0 Å². The second-order valence-electron chi connectivity index (χ2n) is 3.90. The van der Waals surface area contributed by atoms with E-state index in [1.165, 1.54) is 12.1 Å². The SMILES string of the molecule is NC1=NCC(F)(F)[C@@](CF)(c2ccccc2F)O1. The van der Waals surface area contributed by atoms with Gasteiger partial charge in [0.1, 0.15) is 19.0 Å². The van der Waals surface area contributed by atoms with Crippen LogP contribution in [0.15, 0.2) is 29.3 Å². The summed E-state index contributed by atoms with van der Waals surface area (Å²) in [5.74, 6) is -4.67. The maximum atomic E-state index is 13.9. The van der Waals surface area contributed by atoms with E-state index >= 15 is 0 Å². The predicted octanol–water partition coefficient (Wildman–Crippen LogP) is 1.97. The summed E-state index contributed by atoms with van der Waals surface area (Å²) < 4.78 is 59.2. The molecule has 0 unspecified atom stereocenters. The molecule has 0 saturated heterocycles. The van der Waals surface area contributed by atoms with E-state index in [4.69, 9.17) is 5.73 Å². The third-order valence-electron chi connectivity index (χ3n) is 2.80. The number of amidine groups is 1. The van der Waals surface area contributed by atoms with Crippen LogP contribution in [0.4, 0.5) is 17.6 Å². The highest BCUT2D eigenvalue weighted by Crippen LogP contribution is 2.44. The van der Waals surface area contributed by atoms with E-state index in [9.17, 15) is 17.6 Å². The van der Waals surface area contributed by atoms with Crippen molar-refractivity contribution < 1.29 is 22.3 Å². The molecule has 98 valence electrons. The van der Waals surface area contributed by atoms with Gasteiger partial charge in [-0.3, -0.25) is 0 Å². The smallest absolute Gasteiger partial charge is 0.313 e. The first-order valence-electron chi connectivity index (χ1n) is 5.11. The maximum Gasteiger partial charge on any atom is 0.313 e. The molecule has 1 heterocycles. The number of hydrogen-bond donors (Lipinski definition) is 1. The van der Waals surface area contributed by atoms with Crippen LogP contribution in [-0.2, 0) is 10.3 Å². The minimum atomic E-state index is -3.69. The van der Waals surface area contributed by atoms with Crippen LogP contribution in [0.1, 0.15) is 5.56 Å². The number of rotatable bonds is 2. The van der Waals surface area contributed by atoms with Gasteiger partial charge in [0.2, 0.25) is 5.60 Å². The summed E-state index contributed by atoms with van der Waals surface area (Å²) in [5.41, 5.74) is 1.87. The Kier molecular flexibility index (Phi) is 2.92. The minimum Gasteiger partial charge on any atom is -0.444 e. The average molecular weight is 262 g/mol. The van der Waals surface area contributed by atoms with Crippen LogP contribution < -0.4 is 5.73 Å². The maximum absolute atomic E-state index is 13.9. The average Bonchev–Trinajstić information content (AvgIpc) is 2.33. The van der Waals surface area contributed by atoms with Crippen LogP contribution in [0.5, 0.6) is 0 Å². The van der Waals surface area contributed by atoms with Gasteiger partial charge in [0, 0.05) is 5.56 Å². The van der Waals surface area contributed by atoms with Crippen molar-refractivity contribution in [3.8, 4) is 0 Å². The van der Waals surface area contributed by atoms with Crippen LogP contribution in [0, 0.1) is 5.82 Å². The summed E-state index contributed by atoms with van der Waals surface area (Å²) in [6.45, 7) is -2.66. The molecule has 0 saturated carbocycles. The normalized spacial score (nSPS) is 26.3. The molecule has 0 amide bonds. The second kappa shape index (κ2) is 4.15. The number of nitrogens with two attached hydrogens (primary N) is 1. The zero-order valence-corrected chi connectivity index (χ0v) is 9.17. The number of halogens is 4. The van der Waals surface area contributed by atoms with Crippen molar-refractivity contribution in [2.75, 3.05) is 13.2 Å². The van der Waals surface area contributed by atoms with Gasteiger partial charge in [0.05, 0.1) is 0 Å². The fraction of sp³-hybridized carbons (Fsp3) is 0.364. The third-order valence-corrected chi connectivity index (χ3v) is 2.80. The van der Waals surface area contributed by atoms with Gasteiger partial charge in [0.15, 0.2) is 0 Å². The molecule has 3 nitrogen and oxygen atoms in total. The first-order chi connectivity index (χ1) is 8.43. The van der Waals surface area contributed by atoms with E-state index in [1.807, 2.05) is 0 Å². The van der Waals surface area contributed by atoms with Gasteiger partial charge in [-0.1, -0.05) is 18.2 Å². The third kappa shape index (κ3) is 1.70. The van der Waals surface area contributed by atoms with Gasteiger partial charge in [-0.2, -0.15) is 8.78 Å². The van der Waals surface area contributed by atoms with Gasteiger partial charge < -0.3 is 10.5 Å². The highest BCUT2D eigenvalue weighted by Gasteiger charge is 2.61. The molecule has 1 aliphatic rings. The second-order valence-corrected chi connectivity index (χ2v) is 3.90. The lowest BCUT2D eigenvalue weighted by atomic mass is 9.87. The molecule has 0 spiro atoms. The summed E-state index contributed by atoms with van der Waals surface area (Å²) in [5, 5.41) is 0. The Morgan fingerprint density at radius 2 is 2.00 bits per heavy atom. The van der Waals surface area contributed by atoms with Gasteiger partial charge in [-0.25, -0.2) is 13.8 Å². The Morgan fingerprint density at radius 3 is 2.61 bits per heavy atom. The van der Waals surface area contributed by atoms with Crippen molar-refractivity contribution in [1.82, 2.24) is 0 Å². The van der Waals surface area contributed by atoms with Crippen LogP contribution in [0.2, 0.25) is 0 Å². The number of hydrogen-bond acceptors (Lipinski definition) is 3. The summed E-state index contributed by atoms with van der Waals surface area (Å²) in [7, 11) is 0. The number of ether oxygens (including phenoxy) is 1. The number of nitrogens with zero attached hydrogens (tertiary/aromatic N) is 1. The largest absolute Gasteiger partial charge is 0.444 e. The van der Waals surface area contributed by atoms with Gasteiger partial charge in [-0.15, -0.1) is 0 Å². The molecule has 2 rings (SSSR count). The topological polar surface area (TPSA) is 47.6 Å². The Balaban J connectivity index is 2.61. The lowest BCUT2D eigenvalue weighted by Crippen LogP contribution is -2.56. The summed E-state index contributed by atoms with van der Waals surface area (Å²) in [6.07, 6.45) is 0. The highest BCUT2D eigenvalue weighted by molar-refractivity contribution is 5.73. The van der Waals surface area contributed by atoms with Gasteiger partial charge in [0.25, 0.3) is 6.02 Å². The quantitative estimate of drug-likeness (QED) is 0.828. The van der Waals surface area contributed by atoms with Crippen LogP contribution >= 0.6 is 0 Å². The van der Waals surface area contributed by atoms with Crippen molar-refractivity contribution in [2.24, 2.45) is 10.7 Å². The first-order valence-corrected chi connectivity index (χ1v) is 5.11. The summed E-state index contributed by atoms with van der Waals surface area (Å²) >= 11 is 0. The molecule has 1 aromatic rings. The highest BCUT2D eigenvalue weighted by atomic mass is 19.3. The predicted molar refractivity (Wildman–Crippen MR) is 56.6 cm³/mol. The van der Waals surface area contributed by atoms with E-state index in [1.54, 1.807) is 0 Å². The van der Waals surface area contributed by atoms with E-state index in [0.717, 1.165) is 12.1 Å². The fourth-order valence-corrected chi connectivity index (χ4v) is 1.83. The molecule has 0 radical (unpaired) electrons. The molecule has 2 N–H and O–H groups in total. The molecule has 1 aromatic carbocycles. The Bertz CT molecular complexity index is 492. The lowest BCUT2D eigenvalue weighted by Gasteiger charge is -2.40. The molecule has 0 aromatic heterocycles. The van der Waals surface area contributed by atoms with Crippen LogP contribution in [0.3, 0.4) is 0 Å². The number of aliphatic imine (C=N–C) groups is 1. The molecule has 0 fully saturated rings. The van der Waals surface area contributed by atoms with Crippen molar-refractivity contribution in [2.45, 2.75) is 11.5 Å². The first kappa shape index (κ1) is 12.7. The zero-order chi connectivity index (χ0) is 13.4. The van der Waals surface area contributed by atoms with Crippen molar-refractivity contribution in [1.29, 1.82) is 0 Å². The van der Waals surface area contributed by atoms with Crippen molar-refractivity contribution >= 4 is 6.02 Å². The molecule has 0 bridgehead atoms. The molecule has 1 aliphatic heterocycles. The van der Waals surface area contributed by atoms with Gasteiger partial charge >= 0.3 is 5.92 Å². The number of benzene rings is 1. The molecule has 0 aliphatic carbocycles. The van der Waals surface area contributed by atoms with E-state index < -0.39 is 42.1 Å². The minimum absolute atomic E-state index is 0.574. The van der Waals surface area contributed by atoms with E-state index in [2.05, 4.69) is 9.73 Å². The molecule has 7 heteroatoms. The Hall–Kier alpha value is -1.79. The molecular formula is C11H10F4N2O. The Labute approximate surface area is 100 Å². The summed E-state index contributed by atoms with van der Waals surface area (Å²) in [4.78, 5) is 3.21. The molecule has 18 heavy (non-hydrogen) atoms.